The van der Waals surface area contributed by atoms with Crippen LogP contribution in [0.1, 0.15) is 64.5 Å². The smallest absolute Gasteiger partial charge is 0.381 e. The van der Waals surface area contributed by atoms with E-state index >= 15 is 0 Å². The van der Waals surface area contributed by atoms with Crippen molar-refractivity contribution in [1.29, 1.82) is 5.26 Å². The number of amides is 2. The Hall–Kier alpha value is -6.00. The highest BCUT2D eigenvalue weighted by atomic mass is 32.2. The maximum absolute atomic E-state index is 14.9. The first-order chi connectivity index (χ1) is 29.9. The zero-order valence-electron chi connectivity index (χ0n) is 34.4. The number of H-pyrrole nitrogens is 1. The Morgan fingerprint density at radius 3 is 2.30 bits per heavy atom. The van der Waals surface area contributed by atoms with E-state index in [9.17, 15) is 45.5 Å². The lowest BCUT2D eigenvalue weighted by Gasteiger charge is -2.34. The minimum Gasteiger partial charge on any atom is -0.381 e. The number of benzene rings is 4. The summed E-state index contributed by atoms with van der Waals surface area (Å²) >= 11 is 0. The molecular weight excluding hydrogens is 845 g/mol. The van der Waals surface area contributed by atoms with Crippen molar-refractivity contribution in [2.75, 3.05) is 57.0 Å². The van der Waals surface area contributed by atoms with Gasteiger partial charge in [-0.2, -0.15) is 23.5 Å². The van der Waals surface area contributed by atoms with E-state index in [0.717, 1.165) is 50.4 Å². The number of aromatic nitrogens is 2. The molecule has 5 aromatic rings. The molecule has 1 fully saturated rings. The van der Waals surface area contributed by atoms with E-state index in [1.165, 1.54) is 24.3 Å². The molecule has 1 aromatic heterocycles. The lowest BCUT2D eigenvalue weighted by Crippen LogP contribution is -2.49. The monoisotopic (exact) mass is 890 g/mol. The van der Waals surface area contributed by atoms with Crippen molar-refractivity contribution >= 4 is 38.1 Å². The zero-order chi connectivity index (χ0) is 45.4. The summed E-state index contributed by atoms with van der Waals surface area (Å²) in [6, 6.07) is 21.5. The Morgan fingerprint density at radius 2 is 1.60 bits per heavy atom. The Morgan fingerprint density at radius 1 is 0.921 bits per heavy atom. The van der Waals surface area contributed by atoms with Gasteiger partial charge in [0, 0.05) is 63.4 Å². The zero-order valence-corrected chi connectivity index (χ0v) is 35.2. The molecule has 63 heavy (non-hydrogen) atoms. The van der Waals surface area contributed by atoms with Crippen LogP contribution in [0.5, 0.6) is 0 Å². The Balaban J connectivity index is 0.868. The molecule has 4 aromatic carbocycles. The molecule has 1 aliphatic rings. The standard InChI is InChI=1S/C45H46F4N6O7S/c1-44(59,43(58)51-33-14-13-32(28-50)38(27-33)45(47,48)49)29-63(60,61)34-15-10-30(11-16-34)7-4-5-23-62-24-6-18-54-19-21-55(22-20-54)42(57)37-25-31(12-17-39(37)46)26-40-35-8-2-3-9-36(35)41(56)53-52-40/h2-3,8-17,25,27,59H,4-7,18-24,26,29H2,1H3,(H,51,58)(H,53,56)/t44-/m0/s1. The van der Waals surface area contributed by atoms with E-state index in [1.807, 2.05) is 12.1 Å². The summed E-state index contributed by atoms with van der Waals surface area (Å²) in [6.45, 7) is 5.01. The molecule has 1 saturated heterocycles. The van der Waals surface area contributed by atoms with Gasteiger partial charge in [-0.25, -0.2) is 17.9 Å². The van der Waals surface area contributed by atoms with Gasteiger partial charge in [0.2, 0.25) is 0 Å². The minimum atomic E-state index is -4.88. The summed E-state index contributed by atoms with van der Waals surface area (Å²) in [6.07, 6.45) is -1.60. The molecule has 0 aliphatic carbocycles. The van der Waals surface area contributed by atoms with E-state index in [-0.39, 0.29) is 27.6 Å². The summed E-state index contributed by atoms with van der Waals surface area (Å²) in [5.74, 6) is -3.23. The van der Waals surface area contributed by atoms with E-state index < -0.39 is 50.2 Å². The third kappa shape index (κ3) is 11.9. The van der Waals surface area contributed by atoms with Crippen LogP contribution in [0.3, 0.4) is 0 Å². The fourth-order valence-electron chi connectivity index (χ4n) is 7.32. The number of piperazine rings is 1. The second-order valence-corrected chi connectivity index (χ2v) is 17.6. The minimum absolute atomic E-state index is 0.000543. The summed E-state index contributed by atoms with van der Waals surface area (Å²) in [5, 5.41) is 29.7. The van der Waals surface area contributed by atoms with Gasteiger partial charge >= 0.3 is 6.18 Å². The molecular formula is C45H46F4N6O7S. The third-order valence-corrected chi connectivity index (χ3v) is 12.7. The SMILES string of the molecule is C[C@](O)(CS(=O)(=O)c1ccc(CCCCOCCCN2CCN(C(=O)c3cc(Cc4n[nH]c(=O)c5ccccc45)ccc3F)CC2)cc1)C(=O)Nc1ccc(C#N)c(C(F)(F)F)c1. The van der Waals surface area contributed by atoms with Crippen LogP contribution >= 0.6 is 0 Å². The first kappa shape index (κ1) is 46.5. The van der Waals surface area contributed by atoms with E-state index in [4.69, 9.17) is 10.00 Å². The van der Waals surface area contributed by atoms with Gasteiger partial charge in [0.05, 0.1) is 44.5 Å². The highest BCUT2D eigenvalue weighted by molar-refractivity contribution is 7.91. The number of halogens is 4. The molecule has 2 amide bonds. The van der Waals surface area contributed by atoms with Gasteiger partial charge in [-0.1, -0.05) is 36.4 Å². The first-order valence-electron chi connectivity index (χ1n) is 20.3. The predicted octanol–water partition coefficient (Wildman–Crippen LogP) is 5.89. The summed E-state index contributed by atoms with van der Waals surface area (Å²) in [5.41, 5.74) is -2.92. The fourth-order valence-corrected chi connectivity index (χ4v) is 8.91. The van der Waals surface area contributed by atoms with Gasteiger partial charge in [0.25, 0.3) is 17.4 Å². The first-order valence-corrected chi connectivity index (χ1v) is 21.9. The molecule has 0 unspecified atom stereocenters. The van der Waals surface area contributed by atoms with Crippen molar-refractivity contribution in [2.45, 2.75) is 55.7 Å². The summed E-state index contributed by atoms with van der Waals surface area (Å²) in [4.78, 5) is 42.1. The Labute approximate surface area is 361 Å². The van der Waals surface area contributed by atoms with Crippen LogP contribution in [0.2, 0.25) is 0 Å². The number of hydrogen-bond acceptors (Lipinski definition) is 10. The van der Waals surface area contributed by atoms with Gasteiger partial charge in [-0.05, 0) is 92.3 Å². The van der Waals surface area contributed by atoms with Crippen molar-refractivity contribution in [3.05, 3.63) is 135 Å². The number of ether oxygens (including phenoxy) is 1. The van der Waals surface area contributed by atoms with Crippen LogP contribution in [-0.2, 0) is 38.4 Å². The van der Waals surface area contributed by atoms with Crippen molar-refractivity contribution in [1.82, 2.24) is 20.0 Å². The number of alkyl halides is 3. The second kappa shape index (κ2) is 20.0. The number of nitrogens with zero attached hydrogens (tertiary/aromatic N) is 4. The number of nitriles is 1. The van der Waals surface area contributed by atoms with E-state index in [2.05, 4.69) is 20.4 Å². The molecule has 0 bridgehead atoms. The van der Waals surface area contributed by atoms with Crippen LogP contribution in [0.15, 0.2) is 94.6 Å². The van der Waals surface area contributed by atoms with Crippen LogP contribution in [0.4, 0.5) is 23.2 Å². The Kier molecular flexibility index (Phi) is 14.8. The molecule has 6 rings (SSSR count). The van der Waals surface area contributed by atoms with E-state index in [0.29, 0.717) is 80.3 Å². The summed E-state index contributed by atoms with van der Waals surface area (Å²) in [7, 11) is -4.19. The third-order valence-electron chi connectivity index (χ3n) is 10.8. The number of aryl methyl sites for hydroxylation is 1. The highest BCUT2D eigenvalue weighted by Crippen LogP contribution is 2.34. The maximum atomic E-state index is 14.9. The number of anilines is 1. The fraction of sp³-hybridized carbons (Fsp3) is 0.356. The number of unbranched alkanes of at least 4 members (excludes halogenated alkanes) is 1. The molecule has 2 heterocycles. The Bertz CT molecular complexity index is 2660. The number of hydrogen-bond donors (Lipinski definition) is 3. The molecule has 0 radical (unpaired) electrons. The maximum Gasteiger partial charge on any atom is 0.417 e. The molecule has 0 saturated carbocycles. The molecule has 0 spiro atoms. The predicted molar refractivity (Wildman–Crippen MR) is 226 cm³/mol. The number of sulfone groups is 1. The van der Waals surface area contributed by atoms with Gasteiger partial charge in [-0.3, -0.25) is 19.3 Å². The van der Waals surface area contributed by atoms with Gasteiger partial charge in [-0.15, -0.1) is 0 Å². The number of fused-ring (bicyclic) bond motifs is 1. The van der Waals surface area contributed by atoms with E-state index in [1.54, 1.807) is 41.3 Å². The van der Waals surface area contributed by atoms with Gasteiger partial charge in [0.1, 0.15) is 5.82 Å². The molecule has 1 aliphatic heterocycles. The number of carbonyl (C=O) groups excluding carboxylic acids is 2. The normalized spacial score (nSPS) is 14.6. The average molecular weight is 891 g/mol. The molecule has 18 heteroatoms. The van der Waals surface area contributed by atoms with Crippen molar-refractivity contribution < 1.29 is 45.4 Å². The summed E-state index contributed by atoms with van der Waals surface area (Å²) < 4.78 is 86.9. The number of carbonyl (C=O) groups is 2. The second-order valence-electron chi connectivity index (χ2n) is 15.6. The van der Waals surface area contributed by atoms with Crippen molar-refractivity contribution in [3.8, 4) is 6.07 Å². The highest BCUT2D eigenvalue weighted by Gasteiger charge is 2.38. The molecule has 332 valence electrons. The number of aromatic amines is 1. The molecule has 1 atom stereocenters. The van der Waals surface area contributed by atoms with Gasteiger partial charge in [0.15, 0.2) is 15.4 Å². The largest absolute Gasteiger partial charge is 0.417 e. The van der Waals surface area contributed by atoms with Crippen molar-refractivity contribution in [2.24, 2.45) is 0 Å². The quantitative estimate of drug-likeness (QED) is 0.0751. The lowest BCUT2D eigenvalue weighted by atomic mass is 10.0. The van der Waals surface area contributed by atoms with Crippen molar-refractivity contribution in [3.63, 3.8) is 0 Å². The van der Waals surface area contributed by atoms with Crippen LogP contribution in [0, 0.1) is 17.1 Å². The van der Waals surface area contributed by atoms with Crippen LogP contribution in [-0.4, -0.2) is 103 Å². The number of nitrogens with one attached hydrogen (secondary N) is 2. The van der Waals surface area contributed by atoms with Crippen LogP contribution < -0.4 is 10.9 Å². The average Bonchev–Trinajstić information content (AvgIpc) is 3.25. The molecule has 13 nitrogen and oxygen atoms in total. The topological polar surface area (TPSA) is 186 Å². The number of aliphatic hydroxyl groups is 1. The van der Waals surface area contributed by atoms with Crippen LogP contribution in [0.25, 0.3) is 10.8 Å². The lowest BCUT2D eigenvalue weighted by molar-refractivity contribution is -0.137. The molecule has 3 N–H and O–H groups in total. The number of rotatable bonds is 17. The van der Waals surface area contributed by atoms with Gasteiger partial charge < -0.3 is 20.1 Å².